The highest BCUT2D eigenvalue weighted by atomic mass is 16.5. The first kappa shape index (κ1) is 18.8. The monoisotopic (exact) mass is 362 g/mol. The largest absolute Gasteiger partial charge is 0.492 e. The number of hydrogen-bond acceptors (Lipinski definition) is 4. The van der Waals surface area contributed by atoms with Crippen LogP contribution in [0.1, 0.15) is 60.2 Å². The molecule has 0 saturated heterocycles. The summed E-state index contributed by atoms with van der Waals surface area (Å²) < 4.78 is 5.86. The van der Waals surface area contributed by atoms with Crippen LogP contribution in [0.4, 0.5) is 0 Å². The summed E-state index contributed by atoms with van der Waals surface area (Å²) in [5, 5.41) is 0. The molecule has 3 rings (SSSR count). The van der Waals surface area contributed by atoms with Crippen LogP contribution in [0.15, 0.2) is 48.5 Å². The fraction of sp³-hybridized carbons (Fsp3) is 0.261. The predicted octanol–water partition coefficient (Wildman–Crippen LogP) is 4.44. The van der Waals surface area contributed by atoms with E-state index in [0.29, 0.717) is 41.1 Å². The minimum Gasteiger partial charge on any atom is -0.492 e. The summed E-state index contributed by atoms with van der Waals surface area (Å²) in [4.78, 5) is 37.6. The number of ketones is 3. The fourth-order valence-corrected chi connectivity index (χ4v) is 3.49. The van der Waals surface area contributed by atoms with Crippen LogP contribution in [0.5, 0.6) is 0 Å². The number of ether oxygens (including phenoxy) is 1. The van der Waals surface area contributed by atoms with Crippen LogP contribution in [0.25, 0.3) is 11.3 Å². The lowest BCUT2D eigenvalue weighted by Gasteiger charge is -2.13. The Bertz CT molecular complexity index is 938. The summed E-state index contributed by atoms with van der Waals surface area (Å²) in [5.74, 6) is -0.886. The van der Waals surface area contributed by atoms with Gasteiger partial charge < -0.3 is 4.74 Å². The SMILES string of the molecule is CCO/C(=C1\C(=O)C(C(C)=O)c2ccc(C(=O)CC)cc21)c1ccccc1. The summed E-state index contributed by atoms with van der Waals surface area (Å²) in [7, 11) is 0. The molecule has 0 heterocycles. The Morgan fingerprint density at radius 1 is 1.00 bits per heavy atom. The molecule has 27 heavy (non-hydrogen) atoms. The molecule has 1 aliphatic carbocycles. The molecule has 4 nitrogen and oxygen atoms in total. The lowest BCUT2D eigenvalue weighted by molar-refractivity contribution is -0.124. The second kappa shape index (κ2) is 7.70. The van der Waals surface area contributed by atoms with Gasteiger partial charge in [-0.25, -0.2) is 0 Å². The average Bonchev–Trinajstić information content (AvgIpc) is 2.97. The van der Waals surface area contributed by atoms with Crippen molar-refractivity contribution >= 4 is 28.7 Å². The molecule has 0 saturated carbocycles. The van der Waals surface area contributed by atoms with Crippen molar-refractivity contribution in [2.24, 2.45) is 0 Å². The molecule has 1 aliphatic rings. The zero-order valence-corrected chi connectivity index (χ0v) is 15.7. The molecular weight excluding hydrogens is 340 g/mol. The zero-order chi connectivity index (χ0) is 19.6. The highest BCUT2D eigenvalue weighted by Crippen LogP contribution is 2.43. The van der Waals surface area contributed by atoms with Gasteiger partial charge in [0.1, 0.15) is 17.5 Å². The fourth-order valence-electron chi connectivity index (χ4n) is 3.49. The van der Waals surface area contributed by atoms with E-state index in [9.17, 15) is 14.4 Å². The number of benzene rings is 2. The molecular formula is C23H22O4. The molecule has 0 aromatic heterocycles. The molecule has 1 atom stereocenters. The van der Waals surface area contributed by atoms with Gasteiger partial charge in [0.2, 0.25) is 0 Å². The van der Waals surface area contributed by atoms with Crippen LogP contribution in [0.2, 0.25) is 0 Å². The van der Waals surface area contributed by atoms with Crippen molar-refractivity contribution in [1.82, 2.24) is 0 Å². The first-order valence-corrected chi connectivity index (χ1v) is 9.14. The smallest absolute Gasteiger partial charge is 0.182 e. The van der Waals surface area contributed by atoms with E-state index in [2.05, 4.69) is 0 Å². The normalized spacial score (nSPS) is 17.4. The minimum absolute atomic E-state index is 0.00598. The maximum absolute atomic E-state index is 13.2. The van der Waals surface area contributed by atoms with Gasteiger partial charge in [-0.3, -0.25) is 14.4 Å². The molecule has 1 unspecified atom stereocenters. The molecule has 0 bridgehead atoms. The highest BCUT2D eigenvalue weighted by molar-refractivity contribution is 6.38. The number of carbonyl (C=O) groups excluding carboxylic acids is 3. The Balaban J connectivity index is 2.31. The first-order valence-electron chi connectivity index (χ1n) is 9.14. The molecule has 0 spiro atoms. The van der Waals surface area contributed by atoms with Gasteiger partial charge in [0.05, 0.1) is 12.2 Å². The number of carbonyl (C=O) groups is 3. The van der Waals surface area contributed by atoms with E-state index >= 15 is 0 Å². The van der Waals surface area contributed by atoms with Crippen molar-refractivity contribution in [3.63, 3.8) is 0 Å². The van der Waals surface area contributed by atoms with E-state index in [1.807, 2.05) is 37.3 Å². The van der Waals surface area contributed by atoms with E-state index in [1.54, 1.807) is 25.1 Å². The molecule has 0 radical (unpaired) electrons. The maximum Gasteiger partial charge on any atom is 0.182 e. The van der Waals surface area contributed by atoms with E-state index in [1.165, 1.54) is 6.92 Å². The van der Waals surface area contributed by atoms with Crippen molar-refractivity contribution in [2.45, 2.75) is 33.1 Å². The third-order valence-corrected chi connectivity index (χ3v) is 4.74. The molecule has 0 N–H and O–H groups in total. The number of hydrogen-bond donors (Lipinski definition) is 0. The van der Waals surface area contributed by atoms with Crippen molar-refractivity contribution in [1.29, 1.82) is 0 Å². The number of allylic oxidation sites excluding steroid dienone is 1. The number of Topliss-reactive ketones (excluding diaryl/α,β-unsaturated/α-hetero) is 3. The highest BCUT2D eigenvalue weighted by Gasteiger charge is 2.40. The van der Waals surface area contributed by atoms with Gasteiger partial charge in [0.25, 0.3) is 0 Å². The van der Waals surface area contributed by atoms with Crippen molar-refractivity contribution in [3.8, 4) is 0 Å². The second-order valence-electron chi connectivity index (χ2n) is 6.49. The molecule has 0 fully saturated rings. The minimum atomic E-state index is -0.847. The Labute approximate surface area is 158 Å². The summed E-state index contributed by atoms with van der Waals surface area (Å²) in [5.41, 5.74) is 2.94. The van der Waals surface area contributed by atoms with Gasteiger partial charge in [0.15, 0.2) is 11.6 Å². The van der Waals surface area contributed by atoms with Gasteiger partial charge in [-0.15, -0.1) is 0 Å². The predicted molar refractivity (Wildman–Crippen MR) is 104 cm³/mol. The van der Waals surface area contributed by atoms with E-state index < -0.39 is 5.92 Å². The quantitative estimate of drug-likeness (QED) is 0.330. The summed E-state index contributed by atoms with van der Waals surface area (Å²) in [6, 6.07) is 14.5. The van der Waals surface area contributed by atoms with Crippen molar-refractivity contribution in [2.75, 3.05) is 6.61 Å². The van der Waals surface area contributed by atoms with E-state index in [-0.39, 0.29) is 17.3 Å². The van der Waals surface area contributed by atoms with Crippen molar-refractivity contribution in [3.05, 3.63) is 70.8 Å². The van der Waals surface area contributed by atoms with E-state index in [0.717, 1.165) is 5.56 Å². The standard InChI is InChI=1S/C23H22O4/c1-4-19(25)16-11-12-17-18(13-16)21(22(26)20(17)14(3)24)23(27-5-2)15-9-7-6-8-10-15/h6-13,20H,4-5H2,1-3H3/b23-21-. The Kier molecular flexibility index (Phi) is 5.36. The van der Waals surface area contributed by atoms with Crippen LogP contribution in [-0.2, 0) is 14.3 Å². The van der Waals surface area contributed by atoms with Gasteiger partial charge in [-0.2, -0.15) is 0 Å². The Morgan fingerprint density at radius 2 is 1.70 bits per heavy atom. The molecule has 0 aliphatic heterocycles. The van der Waals surface area contributed by atoms with Gasteiger partial charge in [0, 0.05) is 17.5 Å². The maximum atomic E-state index is 13.2. The lowest BCUT2D eigenvalue weighted by Crippen LogP contribution is -2.15. The Hall–Kier alpha value is -3.01. The summed E-state index contributed by atoms with van der Waals surface area (Å²) in [6.45, 7) is 5.45. The first-order chi connectivity index (χ1) is 13.0. The van der Waals surface area contributed by atoms with Crippen LogP contribution < -0.4 is 0 Å². The van der Waals surface area contributed by atoms with Crippen molar-refractivity contribution < 1.29 is 19.1 Å². The van der Waals surface area contributed by atoms with Crippen LogP contribution in [-0.4, -0.2) is 24.0 Å². The van der Waals surface area contributed by atoms with Gasteiger partial charge in [-0.05, 0) is 31.0 Å². The molecule has 2 aromatic carbocycles. The third kappa shape index (κ3) is 3.35. The van der Waals surface area contributed by atoms with Gasteiger partial charge >= 0.3 is 0 Å². The third-order valence-electron chi connectivity index (χ3n) is 4.74. The van der Waals surface area contributed by atoms with Crippen LogP contribution in [0, 0.1) is 0 Å². The Morgan fingerprint density at radius 3 is 2.30 bits per heavy atom. The second-order valence-corrected chi connectivity index (χ2v) is 6.49. The topological polar surface area (TPSA) is 60.4 Å². The number of rotatable bonds is 6. The molecule has 2 aromatic rings. The van der Waals surface area contributed by atoms with Gasteiger partial charge in [-0.1, -0.05) is 49.4 Å². The summed E-state index contributed by atoms with van der Waals surface area (Å²) in [6.07, 6.45) is 0.374. The molecule has 4 heteroatoms. The van der Waals surface area contributed by atoms with Crippen LogP contribution in [0.3, 0.4) is 0 Å². The van der Waals surface area contributed by atoms with Crippen LogP contribution >= 0.6 is 0 Å². The lowest BCUT2D eigenvalue weighted by atomic mass is 9.95. The molecule has 138 valence electrons. The number of fused-ring (bicyclic) bond motifs is 1. The van der Waals surface area contributed by atoms with E-state index in [4.69, 9.17) is 4.74 Å². The zero-order valence-electron chi connectivity index (χ0n) is 15.7. The average molecular weight is 362 g/mol. The molecule has 0 amide bonds. The summed E-state index contributed by atoms with van der Waals surface area (Å²) >= 11 is 0.